The Morgan fingerprint density at radius 2 is 2.00 bits per heavy atom. The Morgan fingerprint density at radius 1 is 1.26 bits per heavy atom. The van der Waals surface area contributed by atoms with Crippen molar-refractivity contribution < 1.29 is 27.5 Å². The molecule has 4 rings (SSSR count). The Hall–Kier alpha value is -3.58. The standard InChI is InChI=1S/C25H25F3N4O3/c1-16-18(14-30-15-33)11-19(12-20(16)25(26,27)28)35-9-8-32-6-4-24(5-7-32)21-10-17(13-29)2-3-22(21)31-23(24)34/h2-3,10-12,15H,4-9,14H2,1H3,(H,30,33)(H,31,34). The van der Waals surface area contributed by atoms with Gasteiger partial charge in [0.2, 0.25) is 12.3 Å². The molecule has 0 bridgehead atoms. The summed E-state index contributed by atoms with van der Waals surface area (Å²) in [5.74, 6) is 0.0292. The van der Waals surface area contributed by atoms with E-state index in [9.17, 15) is 28.0 Å². The van der Waals surface area contributed by atoms with Crippen molar-refractivity contribution in [3.05, 3.63) is 58.1 Å². The molecule has 184 valence electrons. The van der Waals surface area contributed by atoms with Crippen LogP contribution >= 0.6 is 0 Å². The molecule has 2 N–H and O–H groups in total. The SMILES string of the molecule is Cc1c(CNC=O)cc(OCCN2CCC3(CC2)C(=O)Nc2ccc(C#N)cc23)cc1C(F)(F)F. The predicted molar refractivity (Wildman–Crippen MR) is 122 cm³/mol. The van der Waals surface area contributed by atoms with Gasteiger partial charge in [0.15, 0.2) is 0 Å². The topological polar surface area (TPSA) is 94.5 Å². The molecular formula is C25H25F3N4O3. The summed E-state index contributed by atoms with van der Waals surface area (Å²) in [6.45, 7) is 3.23. The number of ether oxygens (including phenoxy) is 1. The Balaban J connectivity index is 1.40. The Labute approximate surface area is 200 Å². The lowest BCUT2D eigenvalue weighted by Gasteiger charge is -2.38. The predicted octanol–water partition coefficient (Wildman–Crippen LogP) is 3.50. The third-order valence-corrected chi connectivity index (χ3v) is 6.90. The summed E-state index contributed by atoms with van der Waals surface area (Å²) in [5.41, 5.74) is 1.03. The van der Waals surface area contributed by atoms with Crippen LogP contribution in [0.15, 0.2) is 30.3 Å². The van der Waals surface area contributed by atoms with E-state index >= 15 is 0 Å². The smallest absolute Gasteiger partial charge is 0.416 e. The molecule has 2 aromatic carbocycles. The van der Waals surface area contributed by atoms with E-state index < -0.39 is 17.2 Å². The maximum Gasteiger partial charge on any atom is 0.416 e. The van der Waals surface area contributed by atoms with Crippen LogP contribution in [-0.2, 0) is 27.7 Å². The van der Waals surface area contributed by atoms with Crippen LogP contribution in [0.4, 0.5) is 18.9 Å². The first kappa shape index (κ1) is 24.5. The molecule has 10 heteroatoms. The highest BCUT2D eigenvalue weighted by atomic mass is 19.4. The van der Waals surface area contributed by atoms with Crippen molar-refractivity contribution in [1.82, 2.24) is 10.2 Å². The molecule has 7 nitrogen and oxygen atoms in total. The van der Waals surface area contributed by atoms with Crippen LogP contribution in [0.3, 0.4) is 0 Å². The van der Waals surface area contributed by atoms with Crippen LogP contribution in [0.25, 0.3) is 0 Å². The summed E-state index contributed by atoms with van der Waals surface area (Å²) < 4.78 is 46.1. The number of nitrogens with one attached hydrogen (secondary N) is 2. The fraction of sp³-hybridized carbons (Fsp3) is 0.400. The molecule has 0 aromatic heterocycles. The van der Waals surface area contributed by atoms with E-state index in [4.69, 9.17) is 4.74 Å². The number of amides is 2. The molecule has 0 radical (unpaired) electrons. The average molecular weight is 486 g/mol. The van der Waals surface area contributed by atoms with E-state index in [-0.39, 0.29) is 30.4 Å². The second kappa shape index (κ2) is 9.58. The van der Waals surface area contributed by atoms with Gasteiger partial charge in [-0.3, -0.25) is 14.5 Å². The number of nitrogens with zero attached hydrogens (tertiary/aromatic N) is 2. The van der Waals surface area contributed by atoms with E-state index in [1.54, 1.807) is 18.2 Å². The van der Waals surface area contributed by atoms with Crippen molar-refractivity contribution in [2.24, 2.45) is 0 Å². The van der Waals surface area contributed by atoms with Crippen LogP contribution < -0.4 is 15.4 Å². The lowest BCUT2D eigenvalue weighted by Crippen LogP contribution is -2.47. The van der Waals surface area contributed by atoms with Gasteiger partial charge >= 0.3 is 6.18 Å². The monoisotopic (exact) mass is 486 g/mol. The highest BCUT2D eigenvalue weighted by Crippen LogP contribution is 2.45. The van der Waals surface area contributed by atoms with Crippen molar-refractivity contribution in [2.75, 3.05) is 31.6 Å². The number of fused-ring (bicyclic) bond motifs is 2. The Kier molecular flexibility index (Phi) is 6.72. The Morgan fingerprint density at radius 3 is 2.66 bits per heavy atom. The largest absolute Gasteiger partial charge is 0.492 e. The van der Waals surface area contributed by atoms with E-state index in [1.807, 2.05) is 0 Å². The second-order valence-corrected chi connectivity index (χ2v) is 8.85. The van der Waals surface area contributed by atoms with Crippen molar-refractivity contribution in [3.8, 4) is 11.8 Å². The Bertz CT molecular complexity index is 1180. The highest BCUT2D eigenvalue weighted by Gasteiger charge is 2.48. The number of alkyl halides is 3. The molecule has 2 aliphatic rings. The molecule has 2 heterocycles. The second-order valence-electron chi connectivity index (χ2n) is 8.85. The minimum atomic E-state index is -4.54. The number of piperidine rings is 1. The summed E-state index contributed by atoms with van der Waals surface area (Å²) in [4.78, 5) is 25.5. The van der Waals surface area contributed by atoms with Gasteiger partial charge in [-0.2, -0.15) is 18.4 Å². The molecular weight excluding hydrogens is 461 g/mol. The van der Waals surface area contributed by atoms with E-state index in [0.717, 1.165) is 17.3 Å². The van der Waals surface area contributed by atoms with Gasteiger partial charge in [-0.25, -0.2) is 0 Å². The minimum absolute atomic E-state index is 0.0269. The quantitative estimate of drug-likeness (QED) is 0.585. The van der Waals surface area contributed by atoms with Gasteiger partial charge in [-0.1, -0.05) is 0 Å². The number of halogens is 3. The molecule has 35 heavy (non-hydrogen) atoms. The number of carbonyl (C=O) groups is 2. The zero-order valence-corrected chi connectivity index (χ0v) is 19.2. The van der Waals surface area contributed by atoms with E-state index in [0.29, 0.717) is 50.0 Å². The van der Waals surface area contributed by atoms with Crippen molar-refractivity contribution in [3.63, 3.8) is 0 Å². The number of benzene rings is 2. The molecule has 0 saturated carbocycles. The van der Waals surface area contributed by atoms with Crippen molar-refractivity contribution >= 4 is 18.0 Å². The molecule has 2 amide bonds. The maximum atomic E-state index is 13.5. The molecule has 1 saturated heterocycles. The summed E-state index contributed by atoms with van der Waals surface area (Å²) in [7, 11) is 0. The number of anilines is 1. The molecule has 1 spiro atoms. The normalized spacial score (nSPS) is 16.9. The maximum absolute atomic E-state index is 13.5. The molecule has 2 aromatic rings. The van der Waals surface area contributed by atoms with Gasteiger partial charge < -0.3 is 15.4 Å². The molecule has 2 aliphatic heterocycles. The first-order valence-corrected chi connectivity index (χ1v) is 11.3. The lowest BCUT2D eigenvalue weighted by molar-refractivity contribution is -0.138. The van der Waals surface area contributed by atoms with Gasteiger partial charge in [0, 0.05) is 18.8 Å². The van der Waals surface area contributed by atoms with Gasteiger partial charge in [0.05, 0.1) is 22.6 Å². The number of carbonyl (C=O) groups excluding carboxylic acids is 2. The summed E-state index contributed by atoms with van der Waals surface area (Å²) >= 11 is 0. The number of likely N-dealkylation sites (tertiary alicyclic amines) is 1. The minimum Gasteiger partial charge on any atom is -0.492 e. The number of hydrogen-bond donors (Lipinski definition) is 2. The van der Waals surface area contributed by atoms with Crippen LogP contribution in [-0.4, -0.2) is 43.5 Å². The first-order valence-electron chi connectivity index (χ1n) is 11.3. The van der Waals surface area contributed by atoms with Gasteiger partial charge in [0.25, 0.3) is 0 Å². The number of hydrogen-bond acceptors (Lipinski definition) is 5. The zero-order valence-electron chi connectivity index (χ0n) is 19.2. The fourth-order valence-corrected chi connectivity index (χ4v) is 4.89. The highest BCUT2D eigenvalue weighted by molar-refractivity contribution is 6.06. The summed E-state index contributed by atoms with van der Waals surface area (Å²) in [6.07, 6.45) is -2.95. The van der Waals surface area contributed by atoms with Crippen LogP contribution in [0, 0.1) is 18.3 Å². The van der Waals surface area contributed by atoms with Crippen LogP contribution in [0.5, 0.6) is 5.75 Å². The van der Waals surface area contributed by atoms with Gasteiger partial charge in [-0.05, 0) is 79.9 Å². The summed E-state index contributed by atoms with van der Waals surface area (Å²) in [5, 5.41) is 14.6. The van der Waals surface area contributed by atoms with Gasteiger partial charge in [-0.15, -0.1) is 0 Å². The molecule has 0 atom stereocenters. The molecule has 0 aliphatic carbocycles. The van der Waals surface area contributed by atoms with Crippen LogP contribution in [0.2, 0.25) is 0 Å². The summed E-state index contributed by atoms with van der Waals surface area (Å²) in [6, 6.07) is 9.83. The van der Waals surface area contributed by atoms with Gasteiger partial charge in [0.1, 0.15) is 12.4 Å². The van der Waals surface area contributed by atoms with Crippen molar-refractivity contribution in [2.45, 2.75) is 37.9 Å². The molecule has 1 fully saturated rings. The fourth-order valence-electron chi connectivity index (χ4n) is 4.89. The number of nitriles is 1. The van der Waals surface area contributed by atoms with Crippen molar-refractivity contribution in [1.29, 1.82) is 5.26 Å². The average Bonchev–Trinajstić information content (AvgIpc) is 3.09. The van der Waals surface area contributed by atoms with Crippen LogP contribution in [0.1, 0.15) is 40.7 Å². The third-order valence-electron chi connectivity index (χ3n) is 6.90. The first-order chi connectivity index (χ1) is 16.7. The number of rotatable bonds is 7. The van der Waals surface area contributed by atoms with E-state index in [1.165, 1.54) is 13.0 Å². The zero-order chi connectivity index (χ0) is 25.2. The molecule has 0 unspecified atom stereocenters. The van der Waals surface area contributed by atoms with E-state index in [2.05, 4.69) is 21.6 Å². The lowest BCUT2D eigenvalue weighted by atomic mass is 9.73. The third kappa shape index (κ3) is 4.82.